The molecule has 2 fully saturated rings. The molecular weight excluding hydrogens is 303 g/mol. The van der Waals surface area contributed by atoms with Crippen LogP contribution in [-0.4, -0.2) is 29.3 Å². The molecule has 0 aliphatic heterocycles. The second kappa shape index (κ2) is 6.40. The molecule has 0 N–H and O–H groups in total. The van der Waals surface area contributed by atoms with Gasteiger partial charge >= 0.3 is 0 Å². The number of hydrogen-bond acceptors (Lipinski definition) is 2. The van der Waals surface area contributed by atoms with E-state index < -0.39 is 0 Å². The van der Waals surface area contributed by atoms with E-state index in [2.05, 4.69) is 22.6 Å². The van der Waals surface area contributed by atoms with Crippen molar-refractivity contribution in [2.45, 2.75) is 61.1 Å². The third kappa shape index (κ3) is 4.57. The molecule has 0 saturated heterocycles. The Hall–Kier alpha value is 0.650. The smallest absolute Gasteiger partial charge is 0.0704 e. The van der Waals surface area contributed by atoms with Gasteiger partial charge in [-0.1, -0.05) is 41.9 Å². The van der Waals surface area contributed by atoms with E-state index in [9.17, 15) is 0 Å². The fourth-order valence-electron chi connectivity index (χ4n) is 2.07. The lowest BCUT2D eigenvalue weighted by Gasteiger charge is -2.20. The molecule has 3 heteroatoms. The van der Waals surface area contributed by atoms with Crippen molar-refractivity contribution in [3.05, 3.63) is 0 Å². The van der Waals surface area contributed by atoms with Gasteiger partial charge in [0.1, 0.15) is 0 Å². The van der Waals surface area contributed by atoms with Crippen LogP contribution in [0.4, 0.5) is 0 Å². The summed E-state index contributed by atoms with van der Waals surface area (Å²) in [5.74, 6) is 0. The summed E-state index contributed by atoms with van der Waals surface area (Å²) in [4.78, 5) is 0. The molecule has 0 aromatic carbocycles. The van der Waals surface area contributed by atoms with Crippen LogP contribution in [0.1, 0.15) is 44.9 Å². The number of ether oxygens (including phenoxy) is 2. The van der Waals surface area contributed by atoms with Crippen LogP contribution in [0.25, 0.3) is 0 Å². The van der Waals surface area contributed by atoms with E-state index >= 15 is 0 Å². The summed E-state index contributed by atoms with van der Waals surface area (Å²) in [5, 5.41) is 0. The Bertz CT molecular complexity index is 182. The van der Waals surface area contributed by atoms with E-state index in [4.69, 9.17) is 9.47 Å². The lowest BCUT2D eigenvalue weighted by atomic mass is 10.1. The van der Waals surface area contributed by atoms with Gasteiger partial charge < -0.3 is 9.47 Å². The van der Waals surface area contributed by atoms with Crippen LogP contribution >= 0.6 is 22.6 Å². The van der Waals surface area contributed by atoms with Crippen molar-refractivity contribution >= 4 is 22.6 Å². The maximum atomic E-state index is 5.92. The van der Waals surface area contributed by atoms with Gasteiger partial charge in [-0.25, -0.2) is 0 Å². The van der Waals surface area contributed by atoms with Crippen LogP contribution in [0.2, 0.25) is 0 Å². The van der Waals surface area contributed by atoms with E-state index in [1.54, 1.807) is 0 Å². The zero-order chi connectivity index (χ0) is 10.5. The molecule has 2 rings (SSSR count). The summed E-state index contributed by atoms with van der Waals surface area (Å²) in [6, 6.07) is 0. The quantitative estimate of drug-likeness (QED) is 0.334. The van der Waals surface area contributed by atoms with Crippen molar-refractivity contribution in [3.63, 3.8) is 0 Å². The summed E-state index contributed by atoms with van der Waals surface area (Å²) in [6.07, 6.45) is 10.3. The number of halogens is 1. The summed E-state index contributed by atoms with van der Waals surface area (Å²) < 4.78 is 12.2. The Labute approximate surface area is 106 Å². The largest absolute Gasteiger partial charge is 0.376 e. The lowest BCUT2D eigenvalue weighted by molar-refractivity contribution is -0.00122. The van der Waals surface area contributed by atoms with E-state index in [1.807, 2.05) is 0 Å². The fraction of sp³-hybridized carbons (Fsp3) is 1.00. The first-order valence-electron chi connectivity index (χ1n) is 6.23. The maximum absolute atomic E-state index is 5.92. The molecule has 0 aromatic heterocycles. The van der Waals surface area contributed by atoms with Gasteiger partial charge in [0.2, 0.25) is 0 Å². The first-order chi connectivity index (χ1) is 7.36. The Balaban J connectivity index is 1.58. The Morgan fingerprint density at radius 1 is 0.867 bits per heavy atom. The third-order valence-corrected chi connectivity index (χ3v) is 4.59. The minimum absolute atomic E-state index is 0.482. The zero-order valence-electron chi connectivity index (χ0n) is 9.29. The molecule has 0 aromatic rings. The molecule has 2 aliphatic rings. The zero-order valence-corrected chi connectivity index (χ0v) is 11.4. The topological polar surface area (TPSA) is 18.5 Å². The van der Waals surface area contributed by atoms with Crippen molar-refractivity contribution in [2.75, 3.05) is 13.2 Å². The maximum Gasteiger partial charge on any atom is 0.0704 e. The molecule has 2 atom stereocenters. The van der Waals surface area contributed by atoms with Crippen molar-refractivity contribution in [1.82, 2.24) is 0 Å². The van der Waals surface area contributed by atoms with Crippen molar-refractivity contribution < 1.29 is 9.47 Å². The third-order valence-electron chi connectivity index (χ3n) is 3.17. The normalized spacial score (nSPS) is 32.6. The highest BCUT2D eigenvalue weighted by atomic mass is 127. The average Bonchev–Trinajstić information content (AvgIpc) is 3.03. The van der Waals surface area contributed by atoms with Crippen LogP contribution in [-0.2, 0) is 9.47 Å². The number of hydrogen-bond donors (Lipinski definition) is 0. The van der Waals surface area contributed by atoms with Crippen LogP contribution in [0.15, 0.2) is 0 Å². The van der Waals surface area contributed by atoms with Gasteiger partial charge in [0, 0.05) is 3.92 Å². The Kier molecular flexibility index (Phi) is 5.17. The number of rotatable bonds is 5. The highest BCUT2D eigenvalue weighted by Crippen LogP contribution is 2.26. The molecule has 2 aliphatic carbocycles. The Morgan fingerprint density at radius 3 is 2.40 bits per heavy atom. The van der Waals surface area contributed by atoms with E-state index in [-0.39, 0.29) is 0 Å². The van der Waals surface area contributed by atoms with E-state index in [0.717, 1.165) is 13.2 Å². The minimum atomic E-state index is 0.482. The van der Waals surface area contributed by atoms with Gasteiger partial charge in [-0.2, -0.15) is 0 Å². The molecule has 0 bridgehead atoms. The molecule has 2 nitrogen and oxygen atoms in total. The summed E-state index contributed by atoms with van der Waals surface area (Å²) in [5.41, 5.74) is 0. The second-order valence-corrected chi connectivity index (χ2v) is 6.23. The molecule has 88 valence electrons. The van der Waals surface area contributed by atoms with E-state index in [1.165, 1.54) is 44.9 Å². The highest BCUT2D eigenvalue weighted by molar-refractivity contribution is 14.1. The molecule has 15 heavy (non-hydrogen) atoms. The van der Waals surface area contributed by atoms with Crippen molar-refractivity contribution in [2.24, 2.45) is 0 Å². The SMILES string of the molecule is IC1CCCCCC1OCCOC1CC1. The molecular formula is C12H21IO2. The fourth-order valence-corrected chi connectivity index (χ4v) is 3.07. The second-order valence-electron chi connectivity index (χ2n) is 4.63. The summed E-state index contributed by atoms with van der Waals surface area (Å²) in [7, 11) is 0. The molecule has 0 amide bonds. The highest BCUT2D eigenvalue weighted by Gasteiger charge is 2.23. The molecule has 2 saturated carbocycles. The standard InChI is InChI=1S/C12H21IO2/c13-11-4-2-1-3-5-12(11)15-9-8-14-10-6-7-10/h10-12H,1-9H2. The molecule has 0 spiro atoms. The first-order valence-corrected chi connectivity index (χ1v) is 7.48. The van der Waals surface area contributed by atoms with Gasteiger partial charge in [0.25, 0.3) is 0 Å². The van der Waals surface area contributed by atoms with Crippen LogP contribution < -0.4 is 0 Å². The monoisotopic (exact) mass is 324 g/mol. The van der Waals surface area contributed by atoms with Crippen molar-refractivity contribution in [3.8, 4) is 0 Å². The average molecular weight is 324 g/mol. The van der Waals surface area contributed by atoms with Crippen LogP contribution in [0.3, 0.4) is 0 Å². The summed E-state index contributed by atoms with van der Waals surface area (Å²) >= 11 is 2.56. The van der Waals surface area contributed by atoms with Gasteiger partial charge in [0.05, 0.1) is 25.4 Å². The van der Waals surface area contributed by atoms with Gasteiger partial charge in [-0.05, 0) is 25.7 Å². The molecule has 0 heterocycles. The number of alkyl halides is 1. The van der Waals surface area contributed by atoms with Gasteiger partial charge in [-0.3, -0.25) is 0 Å². The van der Waals surface area contributed by atoms with E-state index in [0.29, 0.717) is 16.1 Å². The Morgan fingerprint density at radius 2 is 1.60 bits per heavy atom. The molecule has 2 unspecified atom stereocenters. The lowest BCUT2D eigenvalue weighted by Crippen LogP contribution is -2.24. The van der Waals surface area contributed by atoms with Crippen molar-refractivity contribution in [1.29, 1.82) is 0 Å². The van der Waals surface area contributed by atoms with Crippen LogP contribution in [0, 0.1) is 0 Å². The van der Waals surface area contributed by atoms with Gasteiger partial charge in [0.15, 0.2) is 0 Å². The first kappa shape index (κ1) is 12.1. The van der Waals surface area contributed by atoms with Gasteiger partial charge in [-0.15, -0.1) is 0 Å². The minimum Gasteiger partial charge on any atom is -0.376 e. The summed E-state index contributed by atoms with van der Waals surface area (Å²) in [6.45, 7) is 1.59. The predicted octanol–water partition coefficient (Wildman–Crippen LogP) is 3.32. The predicted molar refractivity (Wildman–Crippen MR) is 69.6 cm³/mol. The molecule has 0 radical (unpaired) electrons. The van der Waals surface area contributed by atoms with Crippen LogP contribution in [0.5, 0.6) is 0 Å².